The molecule has 0 amide bonds. The van der Waals surface area contributed by atoms with E-state index in [1.54, 1.807) is 0 Å². The Kier molecular flexibility index (Phi) is 6.77. The van der Waals surface area contributed by atoms with E-state index in [1.807, 2.05) is 0 Å². The molecule has 0 aromatic carbocycles. The highest BCUT2D eigenvalue weighted by molar-refractivity contribution is 5.24. The van der Waals surface area contributed by atoms with Gasteiger partial charge in [0.15, 0.2) is 0 Å². The first kappa shape index (κ1) is 21.2. The lowest BCUT2D eigenvalue weighted by Gasteiger charge is -2.45. The van der Waals surface area contributed by atoms with E-state index in [0.717, 1.165) is 12.8 Å². The number of ether oxygens (including phenoxy) is 1. The molecule has 0 bridgehead atoms. The predicted molar refractivity (Wildman–Crippen MR) is 114 cm³/mol. The molecule has 3 atom stereocenters. The minimum Gasteiger partial charge on any atom is -0.367 e. The summed E-state index contributed by atoms with van der Waals surface area (Å²) < 4.78 is 5.70. The number of allylic oxidation sites excluding steroid dienone is 8. The van der Waals surface area contributed by atoms with Crippen molar-refractivity contribution in [3.8, 4) is 0 Å². The number of hydrogen-bond acceptors (Lipinski definition) is 1. The third-order valence-electron chi connectivity index (χ3n) is 6.68. The number of hydrogen-bond donors (Lipinski definition) is 0. The van der Waals surface area contributed by atoms with Gasteiger partial charge in [-0.2, -0.15) is 0 Å². The van der Waals surface area contributed by atoms with Crippen LogP contribution < -0.4 is 0 Å². The minimum atomic E-state index is 0.125. The van der Waals surface area contributed by atoms with Gasteiger partial charge in [0.2, 0.25) is 0 Å². The summed E-state index contributed by atoms with van der Waals surface area (Å²) in [6.07, 6.45) is 21.7. The molecule has 0 aromatic heterocycles. The molecule has 146 valence electrons. The summed E-state index contributed by atoms with van der Waals surface area (Å²) in [6, 6.07) is 0. The van der Waals surface area contributed by atoms with Gasteiger partial charge in [0, 0.05) is 0 Å². The third-order valence-corrected chi connectivity index (χ3v) is 6.68. The molecule has 1 nitrogen and oxygen atoms in total. The highest BCUT2D eigenvalue weighted by Crippen LogP contribution is 2.50. The first-order valence-corrected chi connectivity index (χ1v) is 10.4. The Morgan fingerprint density at radius 2 is 1.38 bits per heavy atom. The van der Waals surface area contributed by atoms with E-state index in [-0.39, 0.29) is 16.4 Å². The molecule has 26 heavy (non-hydrogen) atoms. The maximum absolute atomic E-state index is 5.70. The lowest BCUT2D eigenvalue weighted by Crippen LogP contribution is -2.35. The molecule has 1 heterocycles. The second-order valence-electron chi connectivity index (χ2n) is 9.71. The molecule has 0 N–H and O–H groups in total. The third kappa shape index (κ3) is 5.46. The van der Waals surface area contributed by atoms with Gasteiger partial charge in [0.25, 0.3) is 0 Å². The molecule has 1 heteroatoms. The van der Waals surface area contributed by atoms with Crippen molar-refractivity contribution >= 4 is 0 Å². The Labute approximate surface area is 162 Å². The van der Waals surface area contributed by atoms with Crippen molar-refractivity contribution in [2.75, 3.05) is 0 Å². The maximum Gasteiger partial charge on any atom is 0.0892 e. The van der Waals surface area contributed by atoms with Crippen molar-refractivity contribution in [1.29, 1.82) is 0 Å². The van der Waals surface area contributed by atoms with Crippen LogP contribution in [-0.2, 0) is 4.74 Å². The van der Waals surface area contributed by atoms with E-state index in [9.17, 15) is 0 Å². The van der Waals surface area contributed by atoms with Crippen molar-refractivity contribution in [1.82, 2.24) is 0 Å². The van der Waals surface area contributed by atoms with Crippen LogP contribution in [0.5, 0.6) is 0 Å². The van der Waals surface area contributed by atoms with E-state index in [4.69, 9.17) is 4.74 Å². The van der Waals surface area contributed by atoms with E-state index < -0.39 is 0 Å². The second kappa shape index (κ2) is 8.30. The van der Waals surface area contributed by atoms with Gasteiger partial charge < -0.3 is 4.74 Å². The summed E-state index contributed by atoms with van der Waals surface area (Å²) in [5.74, 6) is 0. The maximum atomic E-state index is 5.70. The van der Waals surface area contributed by atoms with Crippen LogP contribution in [0.4, 0.5) is 0 Å². The monoisotopic (exact) mass is 356 g/mol. The van der Waals surface area contributed by atoms with E-state index >= 15 is 0 Å². The highest BCUT2D eigenvalue weighted by atomic mass is 16.6. The van der Waals surface area contributed by atoms with E-state index in [1.165, 1.54) is 36.8 Å². The SMILES string of the molecule is CC(C)=CCC[C@@]1(C)C=CC=C[C@]1(C)CC/C=C(\C)CC[C@@H]1OC1(C)C. The van der Waals surface area contributed by atoms with Crippen LogP contribution >= 0.6 is 0 Å². The fourth-order valence-corrected chi connectivity index (χ4v) is 4.13. The van der Waals surface area contributed by atoms with Crippen molar-refractivity contribution < 1.29 is 4.74 Å². The lowest BCUT2D eigenvalue weighted by atomic mass is 9.59. The Bertz CT molecular complexity index is 600. The average molecular weight is 357 g/mol. The van der Waals surface area contributed by atoms with Crippen LogP contribution in [0.3, 0.4) is 0 Å². The van der Waals surface area contributed by atoms with Crippen molar-refractivity contribution in [2.45, 2.75) is 98.7 Å². The molecule has 0 aromatic rings. The van der Waals surface area contributed by atoms with Gasteiger partial charge in [-0.05, 0) is 84.0 Å². The average Bonchev–Trinajstić information content (AvgIpc) is 3.15. The summed E-state index contributed by atoms with van der Waals surface area (Å²) in [4.78, 5) is 0. The van der Waals surface area contributed by atoms with Gasteiger partial charge in [-0.1, -0.05) is 61.4 Å². The van der Waals surface area contributed by atoms with Crippen LogP contribution in [0.1, 0.15) is 87.0 Å². The summed E-state index contributed by atoms with van der Waals surface area (Å²) in [6.45, 7) is 15.9. The standard InChI is InChI=1S/C25H40O/c1-20(2)12-10-18-24(6)16-8-9-17-25(24,7)19-11-13-21(3)14-15-22-23(4,5)26-22/h8-9,12-13,16-17,22H,10-11,14-15,18-19H2,1-7H3/b21-13+/t22-,24+,25+/m0/s1. The molecule has 0 radical (unpaired) electrons. The van der Waals surface area contributed by atoms with E-state index in [0.29, 0.717) is 6.10 Å². The summed E-state index contributed by atoms with van der Waals surface area (Å²) in [5, 5.41) is 0. The van der Waals surface area contributed by atoms with Crippen molar-refractivity contribution in [3.05, 3.63) is 47.6 Å². The zero-order valence-corrected chi connectivity index (χ0v) is 18.2. The number of rotatable bonds is 9. The van der Waals surface area contributed by atoms with Crippen LogP contribution in [0.25, 0.3) is 0 Å². The van der Waals surface area contributed by atoms with Crippen LogP contribution in [0.15, 0.2) is 47.6 Å². The second-order valence-corrected chi connectivity index (χ2v) is 9.71. The Hall–Kier alpha value is -1.08. The highest BCUT2D eigenvalue weighted by Gasteiger charge is 2.46. The molecule has 1 aliphatic carbocycles. The molecule has 2 rings (SSSR count). The summed E-state index contributed by atoms with van der Waals surface area (Å²) in [5.41, 5.74) is 3.53. The summed E-state index contributed by atoms with van der Waals surface area (Å²) in [7, 11) is 0. The first-order chi connectivity index (χ1) is 12.1. The van der Waals surface area contributed by atoms with Crippen molar-refractivity contribution in [2.24, 2.45) is 10.8 Å². The van der Waals surface area contributed by atoms with Gasteiger partial charge in [-0.25, -0.2) is 0 Å². The minimum absolute atomic E-state index is 0.125. The molecule has 0 spiro atoms. The smallest absolute Gasteiger partial charge is 0.0892 e. The Balaban J connectivity index is 1.88. The summed E-state index contributed by atoms with van der Waals surface area (Å²) >= 11 is 0. The number of epoxide rings is 1. The lowest BCUT2D eigenvalue weighted by molar-refractivity contribution is 0.154. The van der Waals surface area contributed by atoms with Crippen molar-refractivity contribution in [3.63, 3.8) is 0 Å². The van der Waals surface area contributed by atoms with Gasteiger partial charge in [0.1, 0.15) is 0 Å². The van der Waals surface area contributed by atoms with Crippen LogP contribution in [0, 0.1) is 10.8 Å². The Morgan fingerprint density at radius 3 is 1.85 bits per heavy atom. The molecular weight excluding hydrogens is 316 g/mol. The van der Waals surface area contributed by atoms with Gasteiger partial charge in [-0.3, -0.25) is 0 Å². The molecule has 1 saturated heterocycles. The van der Waals surface area contributed by atoms with Gasteiger partial charge in [0.05, 0.1) is 11.7 Å². The topological polar surface area (TPSA) is 12.5 Å². The first-order valence-electron chi connectivity index (χ1n) is 10.4. The molecule has 1 aliphatic heterocycles. The molecular formula is C25H40O. The van der Waals surface area contributed by atoms with Crippen LogP contribution in [-0.4, -0.2) is 11.7 Å². The largest absolute Gasteiger partial charge is 0.367 e. The quantitative estimate of drug-likeness (QED) is 0.307. The molecule has 0 unspecified atom stereocenters. The van der Waals surface area contributed by atoms with Crippen LogP contribution in [0.2, 0.25) is 0 Å². The normalized spacial score (nSPS) is 32.6. The molecule has 2 aliphatic rings. The molecule has 1 fully saturated rings. The molecule has 0 saturated carbocycles. The fourth-order valence-electron chi connectivity index (χ4n) is 4.13. The zero-order chi connectivity index (χ0) is 19.4. The zero-order valence-electron chi connectivity index (χ0n) is 18.2. The Morgan fingerprint density at radius 1 is 0.885 bits per heavy atom. The predicted octanol–water partition coefficient (Wildman–Crippen LogP) is 7.56. The van der Waals surface area contributed by atoms with Gasteiger partial charge >= 0.3 is 0 Å². The van der Waals surface area contributed by atoms with Gasteiger partial charge in [-0.15, -0.1) is 0 Å². The van der Waals surface area contributed by atoms with E-state index in [2.05, 4.69) is 84.9 Å². The fraction of sp³-hybridized carbons (Fsp3) is 0.680.